The molecule has 0 radical (unpaired) electrons. The molecule has 0 aliphatic carbocycles. The summed E-state index contributed by atoms with van der Waals surface area (Å²) in [5.41, 5.74) is 1.72. The lowest BCUT2D eigenvalue weighted by molar-refractivity contribution is -0.121. The fourth-order valence-electron chi connectivity index (χ4n) is 3.64. The Morgan fingerprint density at radius 2 is 1.71 bits per heavy atom. The van der Waals surface area contributed by atoms with Gasteiger partial charge < -0.3 is 14.8 Å². The number of amides is 1. The minimum Gasteiger partial charge on any atom is -0.465 e. The first-order valence-corrected chi connectivity index (χ1v) is 10.4. The number of nitrogens with zero attached hydrogens (tertiary/aromatic N) is 1. The number of carbonyl (C=O) groups excluding carboxylic acids is 3. The van der Waals surface area contributed by atoms with Crippen LogP contribution in [0.2, 0.25) is 5.02 Å². The Morgan fingerprint density at radius 3 is 2.35 bits per heavy atom. The molecular formula is C23H25ClN2O5. The summed E-state index contributed by atoms with van der Waals surface area (Å²) >= 11 is 6.25. The second-order valence-corrected chi connectivity index (χ2v) is 7.78. The van der Waals surface area contributed by atoms with E-state index >= 15 is 0 Å². The van der Waals surface area contributed by atoms with E-state index in [0.717, 1.165) is 30.2 Å². The molecule has 0 bridgehead atoms. The third-order valence-corrected chi connectivity index (χ3v) is 5.78. The number of hydrogen-bond acceptors (Lipinski definition) is 6. The molecule has 1 fully saturated rings. The van der Waals surface area contributed by atoms with Crippen LogP contribution in [0.3, 0.4) is 0 Å². The third-order valence-electron chi connectivity index (χ3n) is 5.41. The Kier molecular flexibility index (Phi) is 7.65. The largest absolute Gasteiger partial charge is 0.465 e. The number of halogens is 1. The van der Waals surface area contributed by atoms with Gasteiger partial charge in [-0.1, -0.05) is 29.8 Å². The quantitative estimate of drug-likeness (QED) is 0.683. The van der Waals surface area contributed by atoms with E-state index in [1.165, 1.54) is 32.4 Å². The van der Waals surface area contributed by atoms with E-state index in [1.807, 2.05) is 24.3 Å². The molecule has 164 valence electrons. The molecule has 1 aliphatic rings. The highest BCUT2D eigenvalue weighted by atomic mass is 35.5. The van der Waals surface area contributed by atoms with Gasteiger partial charge in [0.2, 0.25) is 5.91 Å². The lowest BCUT2D eigenvalue weighted by Crippen LogP contribution is -2.38. The first-order valence-electron chi connectivity index (χ1n) is 10.00. The summed E-state index contributed by atoms with van der Waals surface area (Å²) in [7, 11) is 2.53. The van der Waals surface area contributed by atoms with Gasteiger partial charge in [-0.15, -0.1) is 0 Å². The molecule has 0 atom stereocenters. The Morgan fingerprint density at radius 1 is 1.03 bits per heavy atom. The van der Waals surface area contributed by atoms with Crippen molar-refractivity contribution < 1.29 is 23.9 Å². The van der Waals surface area contributed by atoms with Crippen LogP contribution in [-0.2, 0) is 20.8 Å². The van der Waals surface area contributed by atoms with Crippen molar-refractivity contribution in [2.75, 3.05) is 32.6 Å². The van der Waals surface area contributed by atoms with Gasteiger partial charge in [-0.25, -0.2) is 9.59 Å². The van der Waals surface area contributed by atoms with Gasteiger partial charge in [-0.05, 0) is 55.8 Å². The molecule has 3 rings (SSSR count). The number of piperidine rings is 1. The number of rotatable bonds is 6. The molecular weight excluding hydrogens is 420 g/mol. The van der Waals surface area contributed by atoms with Gasteiger partial charge in [0.1, 0.15) is 0 Å². The molecule has 0 aromatic heterocycles. The Hall–Kier alpha value is -2.90. The van der Waals surface area contributed by atoms with E-state index in [4.69, 9.17) is 21.1 Å². The number of methoxy groups -OCH3 is 2. The number of ether oxygens (including phenoxy) is 2. The summed E-state index contributed by atoms with van der Waals surface area (Å²) in [5.74, 6) is -1.54. The van der Waals surface area contributed by atoms with Crippen LogP contribution >= 0.6 is 11.6 Å². The second-order valence-electron chi connectivity index (χ2n) is 7.37. The van der Waals surface area contributed by atoms with Gasteiger partial charge in [0.25, 0.3) is 0 Å². The second kappa shape index (κ2) is 10.4. The Balaban J connectivity index is 1.66. The molecule has 8 heteroatoms. The van der Waals surface area contributed by atoms with E-state index in [9.17, 15) is 14.4 Å². The van der Waals surface area contributed by atoms with Crippen LogP contribution in [0, 0.1) is 5.92 Å². The molecule has 0 unspecified atom stereocenters. The zero-order valence-electron chi connectivity index (χ0n) is 17.5. The summed E-state index contributed by atoms with van der Waals surface area (Å²) in [6.45, 7) is 2.26. The van der Waals surface area contributed by atoms with Crippen molar-refractivity contribution in [2.24, 2.45) is 5.92 Å². The summed E-state index contributed by atoms with van der Waals surface area (Å²) in [6.07, 6.45) is 1.36. The van der Waals surface area contributed by atoms with E-state index < -0.39 is 11.9 Å². The SMILES string of the molecule is COC(=O)c1ccc(C(=O)OC)c(NC(=O)C2CCN(Cc3ccccc3Cl)CC2)c1. The van der Waals surface area contributed by atoms with Crippen LogP contribution in [-0.4, -0.2) is 50.1 Å². The fourth-order valence-corrected chi connectivity index (χ4v) is 3.83. The predicted molar refractivity (Wildman–Crippen MR) is 117 cm³/mol. The summed E-state index contributed by atoms with van der Waals surface area (Å²) < 4.78 is 9.51. The van der Waals surface area contributed by atoms with E-state index in [-0.39, 0.29) is 28.6 Å². The topological polar surface area (TPSA) is 84.9 Å². The minimum absolute atomic E-state index is 0.180. The first-order chi connectivity index (χ1) is 14.9. The van der Waals surface area contributed by atoms with Crippen molar-refractivity contribution in [2.45, 2.75) is 19.4 Å². The van der Waals surface area contributed by atoms with Crippen LogP contribution < -0.4 is 5.32 Å². The summed E-state index contributed by atoms with van der Waals surface area (Å²) in [5, 5.41) is 3.54. The molecule has 2 aromatic rings. The van der Waals surface area contributed by atoms with Crippen LogP contribution in [0.1, 0.15) is 39.1 Å². The number of hydrogen-bond donors (Lipinski definition) is 1. The highest BCUT2D eigenvalue weighted by molar-refractivity contribution is 6.31. The van der Waals surface area contributed by atoms with Gasteiger partial charge in [0, 0.05) is 17.5 Å². The van der Waals surface area contributed by atoms with Crippen LogP contribution in [0.25, 0.3) is 0 Å². The van der Waals surface area contributed by atoms with Crippen molar-refractivity contribution in [1.82, 2.24) is 4.90 Å². The van der Waals surface area contributed by atoms with Gasteiger partial charge in [0.15, 0.2) is 0 Å². The zero-order chi connectivity index (χ0) is 22.4. The maximum Gasteiger partial charge on any atom is 0.339 e. The van der Waals surface area contributed by atoms with Gasteiger partial charge >= 0.3 is 11.9 Å². The lowest BCUT2D eigenvalue weighted by atomic mass is 9.95. The van der Waals surface area contributed by atoms with E-state index in [2.05, 4.69) is 10.2 Å². The van der Waals surface area contributed by atoms with Crippen molar-refractivity contribution in [3.8, 4) is 0 Å². The highest BCUT2D eigenvalue weighted by Crippen LogP contribution is 2.25. The highest BCUT2D eigenvalue weighted by Gasteiger charge is 2.27. The molecule has 0 spiro atoms. The minimum atomic E-state index is -0.596. The van der Waals surface area contributed by atoms with Crippen molar-refractivity contribution >= 4 is 35.1 Å². The number of benzene rings is 2. The maximum absolute atomic E-state index is 12.9. The Bertz CT molecular complexity index is 970. The molecule has 7 nitrogen and oxygen atoms in total. The van der Waals surface area contributed by atoms with Crippen molar-refractivity contribution in [1.29, 1.82) is 0 Å². The smallest absolute Gasteiger partial charge is 0.339 e. The molecule has 0 saturated carbocycles. The van der Waals surface area contributed by atoms with E-state index in [1.54, 1.807) is 0 Å². The fraction of sp³-hybridized carbons (Fsp3) is 0.348. The number of esters is 2. The molecule has 1 heterocycles. The van der Waals surface area contributed by atoms with E-state index in [0.29, 0.717) is 12.8 Å². The lowest BCUT2D eigenvalue weighted by Gasteiger charge is -2.31. The van der Waals surface area contributed by atoms with Crippen LogP contribution in [0.5, 0.6) is 0 Å². The van der Waals surface area contributed by atoms with Gasteiger partial charge in [-0.3, -0.25) is 9.69 Å². The third kappa shape index (κ3) is 5.62. The average Bonchev–Trinajstić information content (AvgIpc) is 2.80. The molecule has 1 saturated heterocycles. The summed E-state index contributed by atoms with van der Waals surface area (Å²) in [4.78, 5) is 39.1. The average molecular weight is 445 g/mol. The Labute approximate surface area is 186 Å². The first kappa shape index (κ1) is 22.8. The molecule has 1 N–H and O–H groups in total. The van der Waals surface area contributed by atoms with Crippen LogP contribution in [0.4, 0.5) is 5.69 Å². The summed E-state index contributed by atoms with van der Waals surface area (Å²) in [6, 6.07) is 12.1. The monoisotopic (exact) mass is 444 g/mol. The van der Waals surface area contributed by atoms with Crippen molar-refractivity contribution in [3.05, 3.63) is 64.2 Å². The molecule has 31 heavy (non-hydrogen) atoms. The number of carbonyl (C=O) groups is 3. The standard InChI is InChI=1S/C23H25ClN2O5/c1-30-22(28)16-7-8-18(23(29)31-2)20(13-16)25-21(27)15-9-11-26(12-10-15)14-17-5-3-4-6-19(17)24/h3-8,13,15H,9-12,14H2,1-2H3,(H,25,27). The van der Waals surface area contributed by atoms with Crippen LogP contribution in [0.15, 0.2) is 42.5 Å². The molecule has 1 aliphatic heterocycles. The molecule has 1 amide bonds. The van der Waals surface area contributed by atoms with Crippen molar-refractivity contribution in [3.63, 3.8) is 0 Å². The van der Waals surface area contributed by atoms with Gasteiger partial charge in [0.05, 0.1) is 31.0 Å². The van der Waals surface area contributed by atoms with Gasteiger partial charge in [-0.2, -0.15) is 0 Å². The normalized spacial score (nSPS) is 14.7. The zero-order valence-corrected chi connectivity index (χ0v) is 18.3. The maximum atomic E-state index is 12.9. The number of anilines is 1. The molecule has 2 aromatic carbocycles. The number of nitrogens with one attached hydrogen (secondary N) is 1. The predicted octanol–water partition coefficient (Wildman–Crippen LogP) is 3.76. The number of likely N-dealkylation sites (tertiary alicyclic amines) is 1.